The average molecular weight is 530 g/mol. The van der Waals surface area contributed by atoms with E-state index in [-0.39, 0.29) is 12.2 Å². The molecule has 2 amide bonds. The Morgan fingerprint density at radius 2 is 1.81 bits per heavy atom. The summed E-state index contributed by atoms with van der Waals surface area (Å²) in [6, 6.07) is -2.44. The van der Waals surface area contributed by atoms with E-state index in [0.717, 1.165) is 4.57 Å². The van der Waals surface area contributed by atoms with E-state index in [0.29, 0.717) is 0 Å². The fraction of sp³-hybridized carbons (Fsp3) is 0.632. The number of carbonyl (C=O) groups is 3. The molecular weight excluding hydrogens is 504 g/mol. The van der Waals surface area contributed by atoms with Gasteiger partial charge in [0.1, 0.15) is 36.3 Å². The molecule has 204 valence electrons. The summed E-state index contributed by atoms with van der Waals surface area (Å²) in [5.74, 6) is -3.10. The maximum atomic E-state index is 12.3. The number of nitrogens with two attached hydrogens (primary N) is 3. The Labute approximate surface area is 206 Å². The Hall–Kier alpha value is -3.39. The second-order valence-corrected chi connectivity index (χ2v) is 8.74. The number of hydrogen-bond acceptors (Lipinski definition) is 13. The number of aliphatic carboxylic acids is 2. The molecule has 0 unspecified atom stereocenters. The molecule has 18 nitrogen and oxygen atoms in total. The van der Waals surface area contributed by atoms with Crippen molar-refractivity contribution in [3.05, 3.63) is 22.7 Å². The summed E-state index contributed by atoms with van der Waals surface area (Å²) in [4.78, 5) is 51.3. The Bertz CT molecular complexity index is 1120. The van der Waals surface area contributed by atoms with Gasteiger partial charge in [-0.3, -0.25) is 4.57 Å². The van der Waals surface area contributed by atoms with Crippen molar-refractivity contribution in [3.63, 3.8) is 0 Å². The molecule has 0 radical (unpaired) electrons. The van der Waals surface area contributed by atoms with Gasteiger partial charge in [0, 0.05) is 18.7 Å². The molecule has 0 aromatic carbocycles. The van der Waals surface area contributed by atoms with Crippen molar-refractivity contribution in [2.75, 3.05) is 5.73 Å². The number of nitrogens with one attached hydrogen (secondary N) is 1. The third-order valence-electron chi connectivity index (χ3n) is 6.31. The first-order chi connectivity index (χ1) is 17.4. The molecule has 0 aliphatic carbocycles. The normalized spacial score (nSPS) is 39.5. The zero-order valence-corrected chi connectivity index (χ0v) is 18.9. The van der Waals surface area contributed by atoms with Crippen LogP contribution in [0.25, 0.3) is 0 Å². The van der Waals surface area contributed by atoms with Crippen molar-refractivity contribution < 1.29 is 53.8 Å². The Morgan fingerprint density at radius 3 is 2.41 bits per heavy atom. The van der Waals surface area contributed by atoms with Crippen LogP contribution in [0.1, 0.15) is 12.6 Å². The molecule has 3 fully saturated rings. The van der Waals surface area contributed by atoms with Crippen LogP contribution in [0.15, 0.2) is 17.1 Å². The van der Waals surface area contributed by atoms with Gasteiger partial charge in [-0.05, 0) is 6.07 Å². The van der Waals surface area contributed by atoms with Gasteiger partial charge in [0.25, 0.3) is 0 Å². The summed E-state index contributed by atoms with van der Waals surface area (Å²) in [6.07, 6.45) is -13.3. The number of hydrogen-bond donors (Lipinski definition) is 8. The average Bonchev–Trinajstić information content (AvgIpc) is 3.13. The number of aliphatic hydroxyl groups excluding tert-OH is 2. The number of nitrogens with zero attached hydrogens (tertiary/aromatic N) is 2. The lowest BCUT2D eigenvalue weighted by atomic mass is 9.90. The second kappa shape index (κ2) is 10.2. The highest BCUT2D eigenvalue weighted by molar-refractivity contribution is 5.75. The maximum Gasteiger partial charge on any atom is 0.351 e. The largest absolute Gasteiger partial charge is 0.479 e. The van der Waals surface area contributed by atoms with Gasteiger partial charge in [0.2, 0.25) is 0 Å². The first-order valence-corrected chi connectivity index (χ1v) is 11.0. The topological polar surface area (TPSA) is 294 Å². The first-order valence-electron chi connectivity index (χ1n) is 11.0. The number of nitrogen functional groups attached to an aromatic ring is 1. The quantitative estimate of drug-likeness (QED) is 0.171. The highest BCUT2D eigenvalue weighted by atomic mass is 16.7. The van der Waals surface area contributed by atoms with Crippen molar-refractivity contribution >= 4 is 23.8 Å². The monoisotopic (exact) mass is 530 g/mol. The molecule has 1 aromatic heterocycles. The van der Waals surface area contributed by atoms with Crippen molar-refractivity contribution in [1.29, 1.82) is 0 Å². The van der Waals surface area contributed by atoms with E-state index < -0.39 is 91.0 Å². The number of urea groups is 1. The van der Waals surface area contributed by atoms with Crippen LogP contribution >= 0.6 is 0 Å². The zero-order valence-electron chi connectivity index (χ0n) is 18.9. The van der Waals surface area contributed by atoms with Crippen LogP contribution in [0, 0.1) is 0 Å². The van der Waals surface area contributed by atoms with Crippen LogP contribution in [-0.2, 0) is 28.5 Å². The van der Waals surface area contributed by atoms with E-state index in [1.807, 2.05) is 0 Å². The molecule has 3 aliphatic heterocycles. The molecule has 4 rings (SSSR count). The third-order valence-corrected chi connectivity index (χ3v) is 6.31. The van der Waals surface area contributed by atoms with Crippen LogP contribution in [0.3, 0.4) is 0 Å². The highest BCUT2D eigenvalue weighted by Gasteiger charge is 2.60. The van der Waals surface area contributed by atoms with E-state index in [9.17, 15) is 39.6 Å². The Morgan fingerprint density at radius 1 is 1.11 bits per heavy atom. The van der Waals surface area contributed by atoms with E-state index >= 15 is 0 Å². The fourth-order valence-corrected chi connectivity index (χ4v) is 4.59. The Kier molecular flexibility index (Phi) is 7.33. The molecule has 4 heterocycles. The number of rotatable bonds is 6. The molecule has 3 saturated heterocycles. The number of aromatic nitrogens is 2. The van der Waals surface area contributed by atoms with Crippen LogP contribution in [0.4, 0.5) is 10.6 Å². The zero-order chi connectivity index (χ0) is 27.2. The predicted octanol–water partition coefficient (Wildman–Crippen LogP) is -4.75. The molecular formula is C19H26N6O12. The molecule has 11 N–H and O–H groups in total. The lowest BCUT2D eigenvalue weighted by Crippen LogP contribution is -2.68. The van der Waals surface area contributed by atoms with Crippen LogP contribution in [0.2, 0.25) is 0 Å². The van der Waals surface area contributed by atoms with Gasteiger partial charge in [-0.1, -0.05) is 0 Å². The molecule has 0 bridgehead atoms. The number of primary amides is 1. The van der Waals surface area contributed by atoms with Gasteiger partial charge in [-0.15, -0.1) is 0 Å². The molecule has 0 spiro atoms. The molecule has 11 atom stereocenters. The second-order valence-electron chi connectivity index (χ2n) is 8.74. The van der Waals surface area contributed by atoms with Crippen LogP contribution < -0.4 is 28.2 Å². The fourth-order valence-electron chi connectivity index (χ4n) is 4.59. The molecule has 0 saturated carbocycles. The summed E-state index contributed by atoms with van der Waals surface area (Å²) in [5.41, 5.74) is 15.7. The number of anilines is 1. The minimum Gasteiger partial charge on any atom is -0.479 e. The van der Waals surface area contributed by atoms with Gasteiger partial charge >= 0.3 is 23.7 Å². The van der Waals surface area contributed by atoms with E-state index in [1.54, 1.807) is 0 Å². The summed E-state index contributed by atoms with van der Waals surface area (Å²) >= 11 is 0. The summed E-state index contributed by atoms with van der Waals surface area (Å²) in [6.45, 7) is 0. The number of aliphatic hydroxyl groups is 2. The lowest BCUT2D eigenvalue weighted by Gasteiger charge is -2.45. The van der Waals surface area contributed by atoms with Gasteiger partial charge in [-0.25, -0.2) is 19.2 Å². The minimum absolute atomic E-state index is 0.0982. The van der Waals surface area contributed by atoms with Crippen molar-refractivity contribution in [2.24, 2.45) is 11.5 Å². The van der Waals surface area contributed by atoms with Gasteiger partial charge in [-0.2, -0.15) is 4.98 Å². The first kappa shape index (κ1) is 26.7. The maximum absolute atomic E-state index is 12.3. The number of carboxylic acids is 2. The lowest BCUT2D eigenvalue weighted by molar-refractivity contribution is -0.293. The molecule has 18 heteroatoms. The summed E-state index contributed by atoms with van der Waals surface area (Å²) in [7, 11) is 0. The molecule has 1 aromatic rings. The third kappa shape index (κ3) is 5.07. The number of amides is 2. The standard InChI is InChI=1S/C19H26N6O12/c20-4-3-5(15(28)29)34-17(8(4)26)37-11-7(24-18(22)32)10-12(35-13(11)16(30)31)9(27)14(36-10)25-2-1-6(21)23-19(25)33/h1-2,4-5,7-14,17,26-27H,3,20H2,(H,28,29)(H,30,31)(H2,21,23,33)(H3,22,24,32)/t4-,5-,7-,8-,9+,10+,11+,12-,13-,14+,17+/m1/s1. The van der Waals surface area contributed by atoms with E-state index in [1.165, 1.54) is 12.3 Å². The summed E-state index contributed by atoms with van der Waals surface area (Å²) < 4.78 is 23.2. The number of carboxylic acid groups (broad SMARTS) is 2. The highest BCUT2D eigenvalue weighted by Crippen LogP contribution is 2.39. The van der Waals surface area contributed by atoms with Gasteiger partial charge < -0.3 is 61.9 Å². The smallest absolute Gasteiger partial charge is 0.351 e. The van der Waals surface area contributed by atoms with Crippen molar-refractivity contribution in [3.8, 4) is 0 Å². The van der Waals surface area contributed by atoms with E-state index in [2.05, 4.69) is 10.3 Å². The van der Waals surface area contributed by atoms with Crippen molar-refractivity contribution in [2.45, 2.75) is 73.8 Å². The van der Waals surface area contributed by atoms with Gasteiger partial charge in [0.15, 0.2) is 24.7 Å². The SMILES string of the molecule is NC(=O)N[C@@H]1[C@@H]2O[C@H](n3ccc(N)nc3=O)[C@@H](O)[C@H]2O[C@@H](C(=O)O)[C@H]1O[C@@H]1O[C@@H](C(=O)O)C[C@@H](N)[C@H]1O. The van der Waals surface area contributed by atoms with Crippen LogP contribution in [0.5, 0.6) is 0 Å². The minimum atomic E-state index is -1.91. The number of ether oxygens (including phenoxy) is 4. The summed E-state index contributed by atoms with van der Waals surface area (Å²) in [5, 5.41) is 42.7. The van der Waals surface area contributed by atoms with Gasteiger partial charge in [0.05, 0.1) is 6.04 Å². The van der Waals surface area contributed by atoms with E-state index in [4.69, 9.17) is 36.1 Å². The molecule has 3 aliphatic rings. The van der Waals surface area contributed by atoms with Crippen molar-refractivity contribution in [1.82, 2.24) is 14.9 Å². The van der Waals surface area contributed by atoms with Crippen LogP contribution in [-0.4, -0.2) is 109 Å². The predicted molar refractivity (Wildman–Crippen MR) is 115 cm³/mol. The Balaban J connectivity index is 1.68. The number of fused-ring (bicyclic) bond motifs is 1. The number of carbonyl (C=O) groups excluding carboxylic acids is 1. The molecule has 37 heavy (non-hydrogen) atoms.